The van der Waals surface area contributed by atoms with Crippen molar-refractivity contribution in [3.63, 3.8) is 0 Å². The van der Waals surface area contributed by atoms with Gasteiger partial charge in [-0.25, -0.2) is 4.79 Å². The van der Waals surface area contributed by atoms with Gasteiger partial charge in [-0.05, 0) is 31.5 Å². The van der Waals surface area contributed by atoms with Crippen LogP contribution in [0.4, 0.5) is 0 Å². The molecule has 2 heterocycles. The van der Waals surface area contributed by atoms with E-state index in [1.54, 1.807) is 18.2 Å². The van der Waals surface area contributed by atoms with Gasteiger partial charge in [-0.3, -0.25) is 4.68 Å². The molecule has 27 heavy (non-hydrogen) atoms. The van der Waals surface area contributed by atoms with Crippen LogP contribution in [0.25, 0.3) is 0 Å². The molecule has 0 unspecified atom stereocenters. The van der Waals surface area contributed by atoms with Crippen molar-refractivity contribution in [2.45, 2.75) is 20.4 Å². The Kier molecular flexibility index (Phi) is 4.54. The number of fused-ring (bicyclic) bond motifs is 1. The van der Waals surface area contributed by atoms with E-state index in [0.29, 0.717) is 48.3 Å². The molecule has 1 aliphatic heterocycles. The molecule has 6 nitrogen and oxygen atoms in total. The molecule has 0 amide bonds. The molecular weight excluding hydrogens is 344 g/mol. The summed E-state index contributed by atoms with van der Waals surface area (Å²) in [6.07, 6.45) is 0. The normalized spacial score (nSPS) is 12.7. The summed E-state index contributed by atoms with van der Waals surface area (Å²) in [5.41, 5.74) is 3.03. The second-order valence-electron chi connectivity index (χ2n) is 6.38. The van der Waals surface area contributed by atoms with Gasteiger partial charge in [0.1, 0.15) is 24.5 Å². The highest BCUT2D eigenvalue weighted by Gasteiger charge is 2.22. The number of benzene rings is 2. The maximum atomic E-state index is 12.7. The maximum Gasteiger partial charge on any atom is 0.347 e. The van der Waals surface area contributed by atoms with Gasteiger partial charge in [-0.1, -0.05) is 30.3 Å². The first-order valence-corrected chi connectivity index (χ1v) is 8.81. The van der Waals surface area contributed by atoms with Crippen LogP contribution in [0.2, 0.25) is 0 Å². The largest absolute Gasteiger partial charge is 0.486 e. The first-order chi connectivity index (χ1) is 13.1. The third kappa shape index (κ3) is 3.51. The molecule has 4 rings (SSSR count). The minimum absolute atomic E-state index is 0.416. The van der Waals surface area contributed by atoms with E-state index in [1.807, 2.05) is 48.9 Å². The molecule has 2 aromatic carbocycles. The minimum Gasteiger partial charge on any atom is -0.486 e. The van der Waals surface area contributed by atoms with Gasteiger partial charge in [0.25, 0.3) is 0 Å². The monoisotopic (exact) mass is 364 g/mol. The molecule has 6 heteroatoms. The molecule has 0 spiro atoms. The second kappa shape index (κ2) is 7.15. The smallest absolute Gasteiger partial charge is 0.347 e. The predicted molar refractivity (Wildman–Crippen MR) is 99.6 cm³/mol. The van der Waals surface area contributed by atoms with Crippen molar-refractivity contribution in [3.05, 3.63) is 71.0 Å². The van der Waals surface area contributed by atoms with E-state index in [2.05, 4.69) is 5.10 Å². The third-order valence-electron chi connectivity index (χ3n) is 4.48. The summed E-state index contributed by atoms with van der Waals surface area (Å²) in [5.74, 6) is 1.23. The lowest BCUT2D eigenvalue weighted by molar-refractivity contribution is 0.0731. The highest BCUT2D eigenvalue weighted by molar-refractivity contribution is 5.93. The summed E-state index contributed by atoms with van der Waals surface area (Å²) in [5, 5.41) is 4.51. The number of aromatic nitrogens is 2. The third-order valence-corrected chi connectivity index (χ3v) is 4.48. The number of aryl methyl sites for hydroxylation is 1. The van der Waals surface area contributed by atoms with Crippen LogP contribution in [0.5, 0.6) is 17.2 Å². The summed E-state index contributed by atoms with van der Waals surface area (Å²) < 4.78 is 18.4. The number of esters is 1. The van der Waals surface area contributed by atoms with E-state index < -0.39 is 5.97 Å². The van der Waals surface area contributed by atoms with E-state index in [9.17, 15) is 4.79 Å². The van der Waals surface area contributed by atoms with Gasteiger partial charge in [-0.2, -0.15) is 5.10 Å². The van der Waals surface area contributed by atoms with E-state index in [-0.39, 0.29) is 0 Å². The van der Waals surface area contributed by atoms with Gasteiger partial charge < -0.3 is 14.2 Å². The summed E-state index contributed by atoms with van der Waals surface area (Å²) in [6, 6.07) is 15.1. The number of rotatable bonds is 4. The van der Waals surface area contributed by atoms with Gasteiger partial charge in [0.15, 0.2) is 11.5 Å². The fraction of sp³-hybridized carbons (Fsp3) is 0.238. The lowest BCUT2D eigenvalue weighted by Crippen LogP contribution is -2.16. The molecule has 0 saturated heterocycles. The highest BCUT2D eigenvalue weighted by Crippen LogP contribution is 2.34. The second-order valence-corrected chi connectivity index (χ2v) is 6.38. The lowest BCUT2D eigenvalue weighted by atomic mass is 10.2. The Morgan fingerprint density at radius 3 is 2.59 bits per heavy atom. The molecule has 0 bridgehead atoms. The van der Waals surface area contributed by atoms with Gasteiger partial charge in [0.2, 0.25) is 0 Å². The zero-order valence-electron chi connectivity index (χ0n) is 15.3. The van der Waals surface area contributed by atoms with Gasteiger partial charge in [-0.15, -0.1) is 0 Å². The van der Waals surface area contributed by atoms with Crippen molar-refractivity contribution in [1.29, 1.82) is 0 Å². The molecule has 0 radical (unpaired) electrons. The number of hydrogen-bond donors (Lipinski definition) is 0. The average Bonchev–Trinajstić information content (AvgIpc) is 2.95. The van der Waals surface area contributed by atoms with Gasteiger partial charge in [0.05, 0.1) is 17.9 Å². The van der Waals surface area contributed by atoms with Gasteiger partial charge in [0, 0.05) is 6.07 Å². The van der Waals surface area contributed by atoms with Crippen LogP contribution in [0.15, 0.2) is 48.5 Å². The number of hydrogen-bond acceptors (Lipinski definition) is 5. The number of nitrogens with zero attached hydrogens (tertiary/aromatic N) is 2. The van der Waals surface area contributed by atoms with Crippen LogP contribution in [0.1, 0.15) is 27.3 Å². The Balaban J connectivity index is 1.55. The van der Waals surface area contributed by atoms with Gasteiger partial charge >= 0.3 is 5.97 Å². The van der Waals surface area contributed by atoms with Crippen LogP contribution >= 0.6 is 0 Å². The molecule has 0 fully saturated rings. The molecule has 0 N–H and O–H groups in total. The molecule has 1 aromatic heterocycles. The molecule has 0 atom stereocenters. The SMILES string of the molecule is Cc1nn(Cc2ccccc2)c(C)c1C(=O)Oc1ccc2c(c1)OCCO2. The first kappa shape index (κ1) is 17.1. The van der Waals surface area contributed by atoms with Crippen LogP contribution < -0.4 is 14.2 Å². The fourth-order valence-corrected chi connectivity index (χ4v) is 3.15. The molecule has 3 aromatic rings. The standard InChI is InChI=1S/C21H20N2O4/c1-14-20(15(2)23(22-14)13-16-6-4-3-5-7-16)21(24)27-17-8-9-18-19(12-17)26-11-10-25-18/h3-9,12H,10-11,13H2,1-2H3. The Labute approximate surface area is 157 Å². The summed E-state index contributed by atoms with van der Waals surface area (Å²) >= 11 is 0. The zero-order valence-corrected chi connectivity index (χ0v) is 15.3. The Morgan fingerprint density at radius 1 is 1.07 bits per heavy atom. The maximum absolute atomic E-state index is 12.7. The van der Waals surface area contributed by atoms with E-state index in [0.717, 1.165) is 11.3 Å². The Hall–Kier alpha value is -3.28. The fourth-order valence-electron chi connectivity index (χ4n) is 3.15. The Bertz CT molecular complexity index is 979. The van der Waals surface area contributed by atoms with Crippen molar-refractivity contribution in [2.24, 2.45) is 0 Å². The van der Waals surface area contributed by atoms with E-state index in [4.69, 9.17) is 14.2 Å². The number of ether oxygens (including phenoxy) is 3. The zero-order chi connectivity index (χ0) is 18.8. The molecule has 1 aliphatic rings. The van der Waals surface area contributed by atoms with Crippen molar-refractivity contribution in [1.82, 2.24) is 9.78 Å². The predicted octanol–water partition coefficient (Wildman–Crippen LogP) is 3.54. The minimum atomic E-state index is -0.430. The number of carbonyl (C=O) groups is 1. The van der Waals surface area contributed by atoms with Crippen molar-refractivity contribution >= 4 is 5.97 Å². The van der Waals surface area contributed by atoms with Crippen molar-refractivity contribution in [2.75, 3.05) is 13.2 Å². The lowest BCUT2D eigenvalue weighted by Gasteiger charge is -2.18. The van der Waals surface area contributed by atoms with E-state index in [1.165, 1.54) is 0 Å². The van der Waals surface area contributed by atoms with Crippen LogP contribution in [-0.2, 0) is 6.54 Å². The Morgan fingerprint density at radius 2 is 1.81 bits per heavy atom. The molecule has 138 valence electrons. The molecule has 0 aliphatic carbocycles. The highest BCUT2D eigenvalue weighted by atomic mass is 16.6. The molecule has 0 saturated carbocycles. The van der Waals surface area contributed by atoms with Crippen LogP contribution in [0.3, 0.4) is 0 Å². The quantitative estimate of drug-likeness (QED) is 0.523. The molecular formula is C21H20N2O4. The number of carbonyl (C=O) groups excluding carboxylic acids is 1. The first-order valence-electron chi connectivity index (χ1n) is 8.81. The topological polar surface area (TPSA) is 62.6 Å². The summed E-state index contributed by atoms with van der Waals surface area (Å²) in [6.45, 7) is 5.29. The van der Waals surface area contributed by atoms with Crippen molar-refractivity contribution < 1.29 is 19.0 Å². The summed E-state index contributed by atoms with van der Waals surface area (Å²) in [4.78, 5) is 12.7. The van der Waals surface area contributed by atoms with Crippen molar-refractivity contribution in [3.8, 4) is 17.2 Å². The summed E-state index contributed by atoms with van der Waals surface area (Å²) in [7, 11) is 0. The van der Waals surface area contributed by atoms with Crippen LogP contribution in [0, 0.1) is 13.8 Å². The average molecular weight is 364 g/mol. The van der Waals surface area contributed by atoms with E-state index >= 15 is 0 Å². The van der Waals surface area contributed by atoms with Crippen LogP contribution in [-0.4, -0.2) is 29.0 Å².